The van der Waals surface area contributed by atoms with Gasteiger partial charge in [-0.05, 0) is 55.1 Å². The first-order chi connectivity index (χ1) is 14.7. The number of oxime groups is 1. The van der Waals surface area contributed by atoms with Crippen LogP contribution in [0.25, 0.3) is 16.6 Å². The highest BCUT2D eigenvalue weighted by molar-refractivity contribution is 7.99. The number of fused-ring (bicyclic) bond motifs is 2. The summed E-state index contributed by atoms with van der Waals surface area (Å²) in [5, 5.41) is 26.9. The van der Waals surface area contributed by atoms with Crippen molar-refractivity contribution in [2.24, 2.45) is 5.16 Å². The van der Waals surface area contributed by atoms with Crippen molar-refractivity contribution in [3.8, 4) is 0 Å². The summed E-state index contributed by atoms with van der Waals surface area (Å²) < 4.78 is 7.10. The quantitative estimate of drug-likeness (QED) is 0.305. The van der Waals surface area contributed by atoms with E-state index in [1.54, 1.807) is 23.6 Å². The van der Waals surface area contributed by atoms with Gasteiger partial charge in [0, 0.05) is 23.4 Å². The molecule has 0 amide bonds. The minimum Gasteiger partial charge on any atom is -0.411 e. The number of hydrogen-bond acceptors (Lipinski definition) is 9. The molecule has 1 N–H and O–H groups in total. The summed E-state index contributed by atoms with van der Waals surface area (Å²) in [5.41, 5.74) is 3.66. The number of ether oxygens (including phenoxy) is 1. The van der Waals surface area contributed by atoms with E-state index in [-0.39, 0.29) is 0 Å². The van der Waals surface area contributed by atoms with Crippen molar-refractivity contribution in [1.82, 2.24) is 24.8 Å². The Hall–Kier alpha value is -3.24. The summed E-state index contributed by atoms with van der Waals surface area (Å²) in [6.45, 7) is 4.91. The third-order valence-corrected chi connectivity index (χ3v) is 5.91. The van der Waals surface area contributed by atoms with Gasteiger partial charge in [-0.2, -0.15) is 9.61 Å². The minimum atomic E-state index is 0.425. The van der Waals surface area contributed by atoms with Crippen LogP contribution in [0.3, 0.4) is 0 Å². The van der Waals surface area contributed by atoms with Gasteiger partial charge < -0.3 is 14.8 Å². The third-order valence-electron chi connectivity index (χ3n) is 4.98. The van der Waals surface area contributed by atoms with Gasteiger partial charge >= 0.3 is 0 Å². The van der Waals surface area contributed by atoms with Crippen LogP contribution in [0.15, 0.2) is 57.8 Å². The largest absolute Gasteiger partial charge is 0.411 e. The van der Waals surface area contributed by atoms with Crippen molar-refractivity contribution in [1.29, 1.82) is 0 Å². The van der Waals surface area contributed by atoms with Crippen molar-refractivity contribution >= 4 is 39.7 Å². The number of hydrogen-bond donors (Lipinski definition) is 1. The van der Waals surface area contributed by atoms with E-state index < -0.39 is 0 Å². The molecule has 4 heterocycles. The molecule has 1 saturated heterocycles. The summed E-state index contributed by atoms with van der Waals surface area (Å²) in [7, 11) is 0. The van der Waals surface area contributed by atoms with E-state index >= 15 is 0 Å². The van der Waals surface area contributed by atoms with E-state index in [4.69, 9.17) is 9.94 Å². The second-order valence-electron chi connectivity index (χ2n) is 6.91. The number of morpholine rings is 1. The topological polar surface area (TPSA) is 101 Å². The molecule has 0 atom stereocenters. The first-order valence-electron chi connectivity index (χ1n) is 9.53. The lowest BCUT2D eigenvalue weighted by Gasteiger charge is -2.28. The second-order valence-corrected chi connectivity index (χ2v) is 7.95. The molecule has 9 nitrogen and oxygen atoms in total. The van der Waals surface area contributed by atoms with Crippen LogP contribution >= 0.6 is 11.8 Å². The van der Waals surface area contributed by atoms with Crippen molar-refractivity contribution in [2.45, 2.75) is 17.0 Å². The molecule has 0 unspecified atom stereocenters. The number of rotatable bonds is 4. The Morgan fingerprint density at radius 2 is 2.00 bits per heavy atom. The van der Waals surface area contributed by atoms with Crippen molar-refractivity contribution in [3.05, 3.63) is 48.3 Å². The molecule has 0 aliphatic carbocycles. The van der Waals surface area contributed by atoms with Crippen LogP contribution in [0.1, 0.15) is 12.6 Å². The summed E-state index contributed by atoms with van der Waals surface area (Å²) in [4.78, 5) is 7.91. The van der Waals surface area contributed by atoms with Gasteiger partial charge in [0.25, 0.3) is 0 Å². The Labute approximate surface area is 176 Å². The number of nitrogens with zero attached hydrogens (tertiary/aromatic N) is 7. The van der Waals surface area contributed by atoms with Gasteiger partial charge in [0.2, 0.25) is 5.16 Å². The van der Waals surface area contributed by atoms with Gasteiger partial charge in [-0.3, -0.25) is 4.98 Å². The van der Waals surface area contributed by atoms with Crippen molar-refractivity contribution in [3.63, 3.8) is 0 Å². The van der Waals surface area contributed by atoms with Gasteiger partial charge in [-0.15, -0.1) is 10.2 Å². The molecule has 5 rings (SSSR count). The van der Waals surface area contributed by atoms with E-state index in [0.29, 0.717) is 22.2 Å². The van der Waals surface area contributed by atoms with E-state index in [2.05, 4.69) is 42.5 Å². The van der Waals surface area contributed by atoms with Crippen LogP contribution in [0.4, 0.5) is 5.69 Å². The summed E-state index contributed by atoms with van der Waals surface area (Å²) >= 11 is 1.47. The molecule has 0 saturated carbocycles. The lowest BCUT2D eigenvalue weighted by molar-refractivity contribution is 0.122. The standard InChI is InChI=1S/C20H19N7O2S/c1-13(25-28)17-4-5-19-22-23-20(27(19)24-17)30-16-2-3-18-14(11-16)10-15(12-21-18)26-6-8-29-9-7-26/h2-5,10-12,28H,6-9H2,1H3/b25-13-. The maximum absolute atomic E-state index is 9.02. The Balaban J connectivity index is 1.47. The molecular weight excluding hydrogens is 402 g/mol. The van der Waals surface area contributed by atoms with Crippen LogP contribution in [-0.2, 0) is 4.74 Å². The van der Waals surface area contributed by atoms with Crippen LogP contribution in [0.2, 0.25) is 0 Å². The van der Waals surface area contributed by atoms with Gasteiger partial charge in [-0.1, -0.05) is 5.16 Å². The Morgan fingerprint density at radius 3 is 2.83 bits per heavy atom. The lowest BCUT2D eigenvalue weighted by atomic mass is 10.2. The average molecular weight is 421 g/mol. The summed E-state index contributed by atoms with van der Waals surface area (Å²) in [6, 6.07) is 11.8. The zero-order valence-corrected chi connectivity index (χ0v) is 17.1. The van der Waals surface area contributed by atoms with Crippen molar-refractivity contribution in [2.75, 3.05) is 31.2 Å². The fraction of sp³-hybridized carbons (Fsp3) is 0.250. The molecule has 1 aliphatic heterocycles. The monoisotopic (exact) mass is 421 g/mol. The Kier molecular flexibility index (Phi) is 4.93. The molecule has 4 aromatic rings. The zero-order chi connectivity index (χ0) is 20.5. The molecule has 30 heavy (non-hydrogen) atoms. The number of aromatic nitrogens is 5. The van der Waals surface area contributed by atoms with E-state index in [1.165, 1.54) is 11.8 Å². The Morgan fingerprint density at radius 1 is 1.13 bits per heavy atom. The number of benzene rings is 1. The molecule has 3 aromatic heterocycles. The van der Waals surface area contributed by atoms with E-state index in [9.17, 15) is 0 Å². The normalized spacial score (nSPS) is 15.2. The molecule has 10 heteroatoms. The molecule has 1 fully saturated rings. The summed E-state index contributed by atoms with van der Waals surface area (Å²) in [6.07, 6.45) is 1.92. The van der Waals surface area contributed by atoms with Crippen LogP contribution < -0.4 is 4.90 Å². The SMILES string of the molecule is C/C(=N/O)c1ccc2nnc(Sc3ccc4ncc(N5CCOCC5)cc4c3)n2n1. The third kappa shape index (κ3) is 3.55. The van der Waals surface area contributed by atoms with E-state index in [0.717, 1.165) is 47.8 Å². The molecule has 1 aromatic carbocycles. The first kappa shape index (κ1) is 18.8. The highest BCUT2D eigenvalue weighted by Gasteiger charge is 2.14. The summed E-state index contributed by atoms with van der Waals surface area (Å²) in [5.74, 6) is 0. The van der Waals surface area contributed by atoms with Crippen molar-refractivity contribution < 1.29 is 9.94 Å². The van der Waals surface area contributed by atoms with Crippen LogP contribution in [0.5, 0.6) is 0 Å². The van der Waals surface area contributed by atoms with Crippen LogP contribution in [0, 0.1) is 0 Å². The zero-order valence-electron chi connectivity index (χ0n) is 16.3. The van der Waals surface area contributed by atoms with Crippen LogP contribution in [-0.4, -0.2) is 62.0 Å². The van der Waals surface area contributed by atoms with Gasteiger partial charge in [0.1, 0.15) is 11.4 Å². The van der Waals surface area contributed by atoms with Gasteiger partial charge in [0.05, 0.1) is 30.6 Å². The molecular formula is C20H19N7O2S. The Bertz CT molecular complexity index is 1250. The molecule has 152 valence electrons. The van der Waals surface area contributed by atoms with Gasteiger partial charge in [-0.25, -0.2) is 0 Å². The predicted molar refractivity (Wildman–Crippen MR) is 114 cm³/mol. The predicted octanol–water partition coefficient (Wildman–Crippen LogP) is 2.86. The van der Waals surface area contributed by atoms with Gasteiger partial charge in [0.15, 0.2) is 5.65 Å². The maximum atomic E-state index is 9.02. The molecule has 0 spiro atoms. The maximum Gasteiger partial charge on any atom is 0.217 e. The number of anilines is 1. The average Bonchev–Trinajstić information content (AvgIpc) is 3.20. The molecule has 1 aliphatic rings. The molecule has 0 bridgehead atoms. The molecule has 0 radical (unpaired) electrons. The smallest absolute Gasteiger partial charge is 0.217 e. The lowest BCUT2D eigenvalue weighted by Crippen LogP contribution is -2.36. The highest BCUT2D eigenvalue weighted by Crippen LogP contribution is 2.30. The second kappa shape index (κ2) is 7.88. The fourth-order valence-electron chi connectivity index (χ4n) is 3.34. The minimum absolute atomic E-state index is 0.425. The first-order valence-corrected chi connectivity index (χ1v) is 10.3. The fourth-order valence-corrected chi connectivity index (χ4v) is 4.17. The van der Waals surface area contributed by atoms with E-state index in [1.807, 2.05) is 18.3 Å². The highest BCUT2D eigenvalue weighted by atomic mass is 32.2. The number of pyridine rings is 1.